The van der Waals surface area contributed by atoms with Crippen LogP contribution in [0.3, 0.4) is 0 Å². The molecule has 6 heteroatoms. The average molecular weight is 452 g/mol. The third-order valence-corrected chi connectivity index (χ3v) is 7.77. The van der Waals surface area contributed by atoms with Crippen LogP contribution < -0.4 is 0 Å². The van der Waals surface area contributed by atoms with E-state index < -0.39 is 5.60 Å². The molecule has 0 saturated carbocycles. The van der Waals surface area contributed by atoms with Crippen LogP contribution in [0, 0.1) is 0 Å². The first-order chi connectivity index (χ1) is 16.0. The van der Waals surface area contributed by atoms with E-state index in [1.54, 1.807) is 14.2 Å². The molecule has 6 nitrogen and oxygen atoms in total. The van der Waals surface area contributed by atoms with Crippen molar-refractivity contribution in [3.8, 4) is 11.1 Å². The van der Waals surface area contributed by atoms with E-state index in [0.717, 1.165) is 12.8 Å². The van der Waals surface area contributed by atoms with Crippen LogP contribution >= 0.6 is 0 Å². The van der Waals surface area contributed by atoms with Crippen LogP contribution in [0.25, 0.3) is 11.1 Å². The van der Waals surface area contributed by atoms with Crippen molar-refractivity contribution in [2.24, 2.45) is 0 Å². The van der Waals surface area contributed by atoms with Gasteiger partial charge in [-0.25, -0.2) is 4.79 Å². The number of carbonyl (C=O) groups excluding carboxylic acids is 1. The molecule has 5 rings (SSSR count). The molecule has 33 heavy (non-hydrogen) atoms. The molecule has 2 fully saturated rings. The molecule has 2 bridgehead atoms. The summed E-state index contributed by atoms with van der Waals surface area (Å²) in [7, 11) is 3.23. The second-order valence-electron chi connectivity index (χ2n) is 9.67. The minimum absolute atomic E-state index is 0.0212. The van der Waals surface area contributed by atoms with E-state index in [-0.39, 0.29) is 30.4 Å². The molecule has 1 N–H and O–H groups in total. The number of fused-ring (bicyclic) bond motifs is 5. The largest absolute Gasteiger partial charge is 0.448 e. The Hall–Kier alpha value is -2.41. The van der Waals surface area contributed by atoms with E-state index >= 15 is 0 Å². The lowest BCUT2D eigenvalue weighted by Gasteiger charge is -2.43. The maximum absolute atomic E-state index is 13.2. The van der Waals surface area contributed by atoms with Crippen LogP contribution in [0.4, 0.5) is 4.79 Å². The number of hydrogen-bond acceptors (Lipinski definition) is 5. The summed E-state index contributed by atoms with van der Waals surface area (Å²) >= 11 is 0. The lowest BCUT2D eigenvalue weighted by Crippen LogP contribution is -2.53. The average Bonchev–Trinajstić information content (AvgIpc) is 3.30. The van der Waals surface area contributed by atoms with Crippen LogP contribution in [0.5, 0.6) is 0 Å². The zero-order valence-corrected chi connectivity index (χ0v) is 19.4. The predicted molar refractivity (Wildman–Crippen MR) is 125 cm³/mol. The summed E-state index contributed by atoms with van der Waals surface area (Å²) in [5.74, 6) is 0.0562. The number of benzene rings is 2. The molecule has 176 valence electrons. The number of methoxy groups -OCH3 is 2. The standard InChI is InChI=1S/C27H33NO5/c1-31-25(32-2)13-14-27(30)15-18-11-12-19(16-27)28(18)26(29)33-17-24-22-9-5-3-7-20(22)21-8-4-6-10-23(21)24/h3-10,18-19,24-25,30H,11-17H2,1-2H3. The summed E-state index contributed by atoms with van der Waals surface area (Å²) in [6, 6.07) is 16.8. The molecule has 0 spiro atoms. The molecule has 1 amide bonds. The lowest BCUT2D eigenvalue weighted by atomic mass is 9.82. The zero-order valence-electron chi connectivity index (χ0n) is 19.4. The monoisotopic (exact) mass is 451 g/mol. The number of amides is 1. The highest BCUT2D eigenvalue weighted by molar-refractivity contribution is 5.79. The molecule has 0 radical (unpaired) electrons. The van der Waals surface area contributed by atoms with Gasteiger partial charge < -0.3 is 24.2 Å². The van der Waals surface area contributed by atoms with Crippen LogP contribution in [-0.2, 0) is 14.2 Å². The van der Waals surface area contributed by atoms with Crippen LogP contribution in [0.1, 0.15) is 55.6 Å². The number of piperidine rings is 1. The number of aliphatic hydroxyl groups is 1. The Morgan fingerprint density at radius 2 is 1.55 bits per heavy atom. The van der Waals surface area contributed by atoms with Gasteiger partial charge in [0, 0.05) is 38.6 Å². The third kappa shape index (κ3) is 4.16. The molecule has 0 aromatic heterocycles. The Balaban J connectivity index is 1.24. The summed E-state index contributed by atoms with van der Waals surface area (Å²) in [6.45, 7) is 0.330. The van der Waals surface area contributed by atoms with Crippen molar-refractivity contribution in [1.82, 2.24) is 4.90 Å². The summed E-state index contributed by atoms with van der Waals surface area (Å²) in [5.41, 5.74) is 4.09. The normalized spacial score (nSPS) is 25.9. The minimum atomic E-state index is -0.790. The molecule has 2 unspecified atom stereocenters. The number of ether oxygens (including phenoxy) is 3. The fourth-order valence-corrected chi connectivity index (χ4v) is 6.21. The van der Waals surface area contributed by atoms with Crippen molar-refractivity contribution in [2.45, 2.75) is 68.4 Å². The molecule has 3 aliphatic rings. The van der Waals surface area contributed by atoms with E-state index in [1.165, 1.54) is 22.3 Å². The molecular weight excluding hydrogens is 418 g/mol. The first kappa shape index (κ1) is 22.4. The predicted octanol–water partition coefficient (Wildman–Crippen LogP) is 4.69. The van der Waals surface area contributed by atoms with E-state index in [1.807, 2.05) is 17.0 Å². The number of carbonyl (C=O) groups is 1. The highest BCUT2D eigenvalue weighted by Crippen LogP contribution is 2.46. The molecular formula is C27H33NO5. The lowest BCUT2D eigenvalue weighted by molar-refractivity contribution is -0.125. The van der Waals surface area contributed by atoms with Gasteiger partial charge in [-0.3, -0.25) is 0 Å². The van der Waals surface area contributed by atoms with Gasteiger partial charge in [0.25, 0.3) is 0 Å². The minimum Gasteiger partial charge on any atom is -0.448 e. The fourth-order valence-electron chi connectivity index (χ4n) is 6.21. The smallest absolute Gasteiger partial charge is 0.410 e. The summed E-state index contributed by atoms with van der Waals surface area (Å²) in [4.78, 5) is 15.1. The first-order valence-electron chi connectivity index (χ1n) is 11.9. The highest BCUT2D eigenvalue weighted by Gasteiger charge is 2.50. The van der Waals surface area contributed by atoms with E-state index in [0.29, 0.717) is 32.3 Å². The van der Waals surface area contributed by atoms with Gasteiger partial charge >= 0.3 is 6.09 Å². The van der Waals surface area contributed by atoms with Crippen LogP contribution in [0.2, 0.25) is 0 Å². The van der Waals surface area contributed by atoms with Crippen LogP contribution in [0.15, 0.2) is 48.5 Å². The van der Waals surface area contributed by atoms with E-state index in [2.05, 4.69) is 36.4 Å². The van der Waals surface area contributed by atoms with E-state index in [4.69, 9.17) is 14.2 Å². The SMILES string of the molecule is COC(CCC1(O)CC2CCC(C1)N2C(=O)OCC1c2ccccc2-c2ccccc21)OC. The molecule has 1 aliphatic carbocycles. The number of rotatable bonds is 7. The summed E-state index contributed by atoms with van der Waals surface area (Å²) in [5, 5.41) is 11.2. The molecule has 2 aromatic carbocycles. The van der Waals surface area contributed by atoms with Gasteiger partial charge in [0.2, 0.25) is 0 Å². The van der Waals surface area contributed by atoms with Gasteiger partial charge in [-0.15, -0.1) is 0 Å². The Morgan fingerprint density at radius 1 is 1.00 bits per heavy atom. The van der Waals surface area contributed by atoms with Gasteiger partial charge in [0.15, 0.2) is 6.29 Å². The molecule has 2 heterocycles. The van der Waals surface area contributed by atoms with Crippen molar-refractivity contribution in [3.05, 3.63) is 59.7 Å². The van der Waals surface area contributed by atoms with Crippen molar-refractivity contribution in [3.63, 3.8) is 0 Å². The molecule has 2 aromatic rings. The summed E-state index contributed by atoms with van der Waals surface area (Å²) in [6.07, 6.45) is 3.65. The van der Waals surface area contributed by atoms with Crippen LogP contribution in [-0.4, -0.2) is 60.9 Å². The molecule has 2 aliphatic heterocycles. The van der Waals surface area contributed by atoms with Gasteiger partial charge in [-0.05, 0) is 54.4 Å². The topological polar surface area (TPSA) is 68.2 Å². The number of hydrogen-bond donors (Lipinski definition) is 1. The third-order valence-electron chi connectivity index (χ3n) is 7.77. The van der Waals surface area contributed by atoms with Crippen molar-refractivity contribution < 1.29 is 24.1 Å². The van der Waals surface area contributed by atoms with Gasteiger partial charge in [-0.1, -0.05) is 48.5 Å². The first-order valence-corrected chi connectivity index (χ1v) is 11.9. The second-order valence-corrected chi connectivity index (χ2v) is 9.67. The van der Waals surface area contributed by atoms with Crippen molar-refractivity contribution in [1.29, 1.82) is 0 Å². The molecule has 2 saturated heterocycles. The highest BCUT2D eigenvalue weighted by atomic mass is 16.7. The van der Waals surface area contributed by atoms with Crippen molar-refractivity contribution in [2.75, 3.05) is 20.8 Å². The quantitative estimate of drug-likeness (QED) is 0.619. The Labute approximate surface area is 195 Å². The second kappa shape index (κ2) is 9.09. The fraction of sp³-hybridized carbons (Fsp3) is 0.519. The van der Waals surface area contributed by atoms with Gasteiger partial charge in [0.05, 0.1) is 5.60 Å². The van der Waals surface area contributed by atoms with E-state index in [9.17, 15) is 9.90 Å². The maximum atomic E-state index is 13.2. The van der Waals surface area contributed by atoms with Gasteiger partial charge in [-0.2, -0.15) is 0 Å². The van der Waals surface area contributed by atoms with Gasteiger partial charge in [0.1, 0.15) is 6.61 Å². The molecule has 2 atom stereocenters. The Morgan fingerprint density at radius 3 is 2.09 bits per heavy atom. The Bertz CT molecular complexity index is 944. The maximum Gasteiger partial charge on any atom is 0.410 e. The zero-order chi connectivity index (χ0) is 23.0. The summed E-state index contributed by atoms with van der Waals surface area (Å²) < 4.78 is 16.5. The Kier molecular flexibility index (Phi) is 6.16. The number of nitrogens with zero attached hydrogens (tertiary/aromatic N) is 1. The van der Waals surface area contributed by atoms with Crippen molar-refractivity contribution >= 4 is 6.09 Å².